The molecule has 18 heavy (non-hydrogen) atoms. The molecule has 4 heteroatoms. The molecule has 2 aromatic rings. The second-order valence-electron chi connectivity index (χ2n) is 4.09. The number of hydrogen-bond donors (Lipinski definition) is 2. The van der Waals surface area contributed by atoms with Gasteiger partial charge in [-0.1, -0.05) is 18.2 Å². The molecule has 0 aliphatic heterocycles. The number of aromatic amines is 1. The second-order valence-corrected chi connectivity index (χ2v) is 4.09. The van der Waals surface area contributed by atoms with Crippen LogP contribution in [-0.2, 0) is 4.79 Å². The number of H-pyrrole nitrogens is 1. The number of pyridine rings is 1. The van der Waals surface area contributed by atoms with Crippen LogP contribution in [0.4, 0.5) is 5.69 Å². The van der Waals surface area contributed by atoms with E-state index < -0.39 is 0 Å². The Balaban J connectivity index is 2.52. The molecule has 0 saturated heterocycles. The molecule has 0 saturated carbocycles. The number of benzene rings is 1. The highest BCUT2D eigenvalue weighted by atomic mass is 16.1. The van der Waals surface area contributed by atoms with Crippen molar-refractivity contribution in [3.63, 3.8) is 0 Å². The molecule has 0 radical (unpaired) electrons. The van der Waals surface area contributed by atoms with Gasteiger partial charge >= 0.3 is 0 Å². The summed E-state index contributed by atoms with van der Waals surface area (Å²) in [6.45, 7) is 3.38. The van der Waals surface area contributed by atoms with Crippen LogP contribution in [-0.4, -0.2) is 10.9 Å². The molecule has 0 spiro atoms. The third-order valence-electron chi connectivity index (χ3n) is 2.70. The molecule has 92 valence electrons. The van der Waals surface area contributed by atoms with Gasteiger partial charge < -0.3 is 10.3 Å². The number of rotatable bonds is 2. The van der Waals surface area contributed by atoms with E-state index in [1.807, 2.05) is 31.2 Å². The summed E-state index contributed by atoms with van der Waals surface area (Å²) in [5.41, 5.74) is 3.18. The van der Waals surface area contributed by atoms with Crippen molar-refractivity contribution in [3.8, 4) is 11.3 Å². The van der Waals surface area contributed by atoms with Gasteiger partial charge in [-0.15, -0.1) is 0 Å². The van der Waals surface area contributed by atoms with Crippen molar-refractivity contribution in [2.24, 2.45) is 0 Å². The first-order valence-electron chi connectivity index (χ1n) is 5.65. The molecule has 0 bridgehead atoms. The Kier molecular flexibility index (Phi) is 3.28. The summed E-state index contributed by atoms with van der Waals surface area (Å²) < 4.78 is 0. The third kappa shape index (κ3) is 2.48. The Morgan fingerprint density at radius 2 is 1.89 bits per heavy atom. The summed E-state index contributed by atoms with van der Waals surface area (Å²) in [5.74, 6) is -0.114. The minimum atomic E-state index is -0.142. The van der Waals surface area contributed by atoms with Crippen LogP contribution in [0.2, 0.25) is 0 Å². The van der Waals surface area contributed by atoms with Crippen LogP contribution in [0.3, 0.4) is 0 Å². The SMILES string of the molecule is CC(=O)Nc1cccc(-c2cccc(=O)[nH]2)c1C. The predicted octanol–water partition coefficient (Wildman–Crippen LogP) is 2.31. The summed E-state index contributed by atoms with van der Waals surface area (Å²) in [6, 6.07) is 10.6. The molecule has 0 aliphatic carbocycles. The number of nitrogens with one attached hydrogen (secondary N) is 2. The van der Waals surface area contributed by atoms with Gasteiger partial charge in [-0.2, -0.15) is 0 Å². The van der Waals surface area contributed by atoms with Crippen molar-refractivity contribution in [1.29, 1.82) is 0 Å². The zero-order valence-electron chi connectivity index (χ0n) is 10.3. The first-order chi connectivity index (χ1) is 8.58. The van der Waals surface area contributed by atoms with E-state index in [1.165, 1.54) is 13.0 Å². The van der Waals surface area contributed by atoms with E-state index in [4.69, 9.17) is 0 Å². The topological polar surface area (TPSA) is 62.0 Å². The lowest BCUT2D eigenvalue weighted by atomic mass is 10.0. The van der Waals surface area contributed by atoms with E-state index in [1.54, 1.807) is 6.07 Å². The van der Waals surface area contributed by atoms with Gasteiger partial charge in [0.1, 0.15) is 0 Å². The number of anilines is 1. The van der Waals surface area contributed by atoms with Crippen molar-refractivity contribution in [2.75, 3.05) is 5.32 Å². The molecule has 1 heterocycles. The Hall–Kier alpha value is -2.36. The lowest BCUT2D eigenvalue weighted by Gasteiger charge is -2.11. The quantitative estimate of drug-likeness (QED) is 0.848. The monoisotopic (exact) mass is 242 g/mol. The van der Waals surface area contributed by atoms with Crippen LogP contribution < -0.4 is 10.9 Å². The summed E-state index contributed by atoms with van der Waals surface area (Å²) in [4.78, 5) is 25.2. The van der Waals surface area contributed by atoms with Crippen LogP contribution in [0.5, 0.6) is 0 Å². The molecule has 1 aromatic carbocycles. The van der Waals surface area contributed by atoms with Crippen molar-refractivity contribution >= 4 is 11.6 Å². The minimum Gasteiger partial charge on any atom is -0.326 e. The maximum absolute atomic E-state index is 11.3. The Labute approximate surface area is 105 Å². The van der Waals surface area contributed by atoms with Gasteiger partial charge in [-0.05, 0) is 24.6 Å². The molecule has 1 amide bonds. The molecule has 1 aromatic heterocycles. The largest absolute Gasteiger partial charge is 0.326 e. The molecule has 2 rings (SSSR count). The van der Waals surface area contributed by atoms with Crippen LogP contribution >= 0.6 is 0 Å². The fourth-order valence-corrected chi connectivity index (χ4v) is 1.86. The van der Waals surface area contributed by atoms with Crippen LogP contribution in [0.15, 0.2) is 41.2 Å². The highest BCUT2D eigenvalue weighted by Gasteiger charge is 2.07. The van der Waals surface area contributed by atoms with Gasteiger partial charge in [0.25, 0.3) is 0 Å². The summed E-state index contributed by atoms with van der Waals surface area (Å²) in [5, 5.41) is 2.77. The lowest BCUT2D eigenvalue weighted by Crippen LogP contribution is -2.08. The van der Waals surface area contributed by atoms with Gasteiger partial charge in [0.2, 0.25) is 11.5 Å². The minimum absolute atomic E-state index is 0.114. The Morgan fingerprint density at radius 1 is 1.17 bits per heavy atom. The number of amides is 1. The highest BCUT2D eigenvalue weighted by molar-refractivity contribution is 5.90. The summed E-state index contributed by atoms with van der Waals surface area (Å²) in [7, 11) is 0. The van der Waals surface area contributed by atoms with E-state index in [-0.39, 0.29) is 11.5 Å². The number of hydrogen-bond acceptors (Lipinski definition) is 2. The number of carbonyl (C=O) groups is 1. The standard InChI is InChI=1S/C14H14N2O2/c1-9-11(13-7-4-8-14(18)16-13)5-3-6-12(9)15-10(2)17/h3-8H,1-2H3,(H,15,17)(H,16,18). The van der Waals surface area contributed by atoms with Crippen molar-refractivity contribution in [3.05, 3.63) is 52.3 Å². The van der Waals surface area contributed by atoms with Crippen LogP contribution in [0.1, 0.15) is 12.5 Å². The second kappa shape index (κ2) is 4.87. The van der Waals surface area contributed by atoms with Gasteiger partial charge in [-0.25, -0.2) is 0 Å². The van der Waals surface area contributed by atoms with Gasteiger partial charge in [0.15, 0.2) is 0 Å². The molecule has 2 N–H and O–H groups in total. The predicted molar refractivity (Wildman–Crippen MR) is 71.5 cm³/mol. The highest BCUT2D eigenvalue weighted by Crippen LogP contribution is 2.26. The van der Waals surface area contributed by atoms with E-state index in [0.717, 1.165) is 22.5 Å². The van der Waals surface area contributed by atoms with E-state index in [2.05, 4.69) is 10.3 Å². The fraction of sp³-hybridized carbons (Fsp3) is 0.143. The molecular weight excluding hydrogens is 228 g/mol. The zero-order valence-corrected chi connectivity index (χ0v) is 10.3. The third-order valence-corrected chi connectivity index (χ3v) is 2.70. The smallest absolute Gasteiger partial charge is 0.248 e. The summed E-state index contributed by atoms with van der Waals surface area (Å²) in [6.07, 6.45) is 0. The first-order valence-corrected chi connectivity index (χ1v) is 5.65. The number of carbonyl (C=O) groups excluding carboxylic acids is 1. The van der Waals surface area contributed by atoms with Gasteiger partial charge in [0, 0.05) is 29.9 Å². The normalized spacial score (nSPS) is 10.1. The maximum atomic E-state index is 11.3. The Bertz CT molecular complexity index is 644. The van der Waals surface area contributed by atoms with E-state index >= 15 is 0 Å². The molecule has 0 aliphatic rings. The average molecular weight is 242 g/mol. The van der Waals surface area contributed by atoms with Crippen LogP contribution in [0.25, 0.3) is 11.3 Å². The molecule has 4 nitrogen and oxygen atoms in total. The lowest BCUT2D eigenvalue weighted by molar-refractivity contribution is -0.114. The Morgan fingerprint density at radius 3 is 2.56 bits per heavy atom. The van der Waals surface area contributed by atoms with Crippen LogP contribution in [0, 0.1) is 6.92 Å². The van der Waals surface area contributed by atoms with Crippen molar-refractivity contribution < 1.29 is 4.79 Å². The van der Waals surface area contributed by atoms with Crippen molar-refractivity contribution in [2.45, 2.75) is 13.8 Å². The first kappa shape index (κ1) is 12.1. The number of aromatic nitrogens is 1. The molecular formula is C14H14N2O2. The molecule has 0 fully saturated rings. The molecule has 0 unspecified atom stereocenters. The zero-order chi connectivity index (χ0) is 13.1. The van der Waals surface area contributed by atoms with Gasteiger partial charge in [-0.3, -0.25) is 9.59 Å². The van der Waals surface area contributed by atoms with E-state index in [0.29, 0.717) is 0 Å². The van der Waals surface area contributed by atoms with E-state index in [9.17, 15) is 9.59 Å². The molecule has 0 atom stereocenters. The van der Waals surface area contributed by atoms with Gasteiger partial charge in [0.05, 0.1) is 0 Å². The fourth-order valence-electron chi connectivity index (χ4n) is 1.86. The van der Waals surface area contributed by atoms with Crippen molar-refractivity contribution in [1.82, 2.24) is 4.98 Å². The maximum Gasteiger partial charge on any atom is 0.248 e. The average Bonchev–Trinajstić information content (AvgIpc) is 2.31. The summed E-state index contributed by atoms with van der Waals surface area (Å²) >= 11 is 0.